The van der Waals surface area contributed by atoms with E-state index in [1.807, 2.05) is 0 Å². The van der Waals surface area contributed by atoms with Crippen LogP contribution in [0.3, 0.4) is 0 Å². The molecule has 104 valence electrons. The van der Waals surface area contributed by atoms with Gasteiger partial charge in [-0.25, -0.2) is 4.39 Å². The highest BCUT2D eigenvalue weighted by atomic mass is 35.5. The van der Waals surface area contributed by atoms with Crippen molar-refractivity contribution >= 4 is 28.9 Å². The van der Waals surface area contributed by atoms with Crippen molar-refractivity contribution in [3.8, 4) is 11.5 Å². The van der Waals surface area contributed by atoms with Crippen molar-refractivity contribution in [2.24, 2.45) is 0 Å². The number of nitro benzene ring substituents is 1. The number of rotatable bonds is 4. The molecule has 2 aromatic rings. The Morgan fingerprint density at radius 2 is 1.90 bits per heavy atom. The molecule has 20 heavy (non-hydrogen) atoms. The maximum Gasteiger partial charge on any atom is 0.272 e. The second-order valence-electron chi connectivity index (χ2n) is 3.86. The van der Waals surface area contributed by atoms with Gasteiger partial charge in [0, 0.05) is 16.7 Å². The van der Waals surface area contributed by atoms with E-state index in [4.69, 9.17) is 27.9 Å². The summed E-state index contributed by atoms with van der Waals surface area (Å²) in [5.41, 5.74) is 0.250. The summed E-state index contributed by atoms with van der Waals surface area (Å²) in [5.74, 6) is -0.457. The topological polar surface area (TPSA) is 52.4 Å². The first-order valence-electron chi connectivity index (χ1n) is 5.47. The van der Waals surface area contributed by atoms with Crippen LogP contribution in [0.1, 0.15) is 5.56 Å². The van der Waals surface area contributed by atoms with Gasteiger partial charge in [-0.05, 0) is 24.3 Å². The highest BCUT2D eigenvalue weighted by molar-refractivity contribution is 6.30. The standard InChI is InChI=1S/C13H8Cl2FNO3/c14-7-8-5-9(15)1-3-12(8)20-13-4-2-10(17(18)19)6-11(13)16/h1-6H,7H2. The number of nitrogens with zero attached hydrogens (tertiary/aromatic N) is 1. The van der Waals surface area contributed by atoms with Crippen molar-refractivity contribution in [3.63, 3.8) is 0 Å². The van der Waals surface area contributed by atoms with E-state index in [1.54, 1.807) is 18.2 Å². The van der Waals surface area contributed by atoms with E-state index in [0.29, 0.717) is 16.3 Å². The second-order valence-corrected chi connectivity index (χ2v) is 4.56. The molecule has 0 saturated heterocycles. The van der Waals surface area contributed by atoms with Crippen LogP contribution in [-0.4, -0.2) is 4.92 Å². The third-order valence-corrected chi connectivity index (χ3v) is 3.04. The lowest BCUT2D eigenvalue weighted by atomic mass is 10.2. The number of benzene rings is 2. The average Bonchev–Trinajstić information content (AvgIpc) is 2.42. The Balaban J connectivity index is 2.33. The number of hydrogen-bond donors (Lipinski definition) is 0. The van der Waals surface area contributed by atoms with Crippen LogP contribution in [0.2, 0.25) is 5.02 Å². The number of alkyl halides is 1. The van der Waals surface area contributed by atoms with Crippen LogP contribution in [0.15, 0.2) is 36.4 Å². The molecule has 0 aliphatic rings. The summed E-state index contributed by atoms with van der Waals surface area (Å²) in [7, 11) is 0. The molecular weight excluding hydrogens is 308 g/mol. The van der Waals surface area contributed by atoms with E-state index >= 15 is 0 Å². The molecule has 0 aromatic heterocycles. The van der Waals surface area contributed by atoms with Crippen molar-refractivity contribution < 1.29 is 14.1 Å². The SMILES string of the molecule is O=[N+]([O-])c1ccc(Oc2ccc(Cl)cc2CCl)c(F)c1. The zero-order valence-corrected chi connectivity index (χ0v) is 11.5. The Bertz CT molecular complexity index is 664. The molecule has 0 unspecified atom stereocenters. The molecule has 7 heteroatoms. The van der Waals surface area contributed by atoms with Gasteiger partial charge in [0.1, 0.15) is 5.75 Å². The molecule has 2 rings (SSSR count). The van der Waals surface area contributed by atoms with E-state index in [-0.39, 0.29) is 17.3 Å². The molecule has 0 aliphatic heterocycles. The lowest BCUT2D eigenvalue weighted by Crippen LogP contribution is -1.94. The Labute approximate surface area is 123 Å². The molecule has 0 spiro atoms. The largest absolute Gasteiger partial charge is 0.454 e. The maximum atomic E-state index is 13.7. The van der Waals surface area contributed by atoms with Crippen molar-refractivity contribution in [1.29, 1.82) is 0 Å². The highest BCUT2D eigenvalue weighted by Crippen LogP contribution is 2.31. The molecule has 0 saturated carbocycles. The third kappa shape index (κ3) is 3.18. The van der Waals surface area contributed by atoms with E-state index in [1.165, 1.54) is 6.07 Å². The van der Waals surface area contributed by atoms with Gasteiger partial charge in [-0.1, -0.05) is 11.6 Å². The van der Waals surface area contributed by atoms with Gasteiger partial charge in [0.2, 0.25) is 0 Å². The first kappa shape index (κ1) is 14.6. The monoisotopic (exact) mass is 315 g/mol. The predicted octanol–water partition coefficient (Wildman–Crippen LogP) is 4.92. The first-order valence-corrected chi connectivity index (χ1v) is 6.38. The van der Waals surface area contributed by atoms with Crippen LogP contribution in [0, 0.1) is 15.9 Å². The third-order valence-electron chi connectivity index (χ3n) is 2.51. The quantitative estimate of drug-likeness (QED) is 0.457. The predicted molar refractivity (Wildman–Crippen MR) is 74.1 cm³/mol. The zero-order valence-electron chi connectivity index (χ0n) is 9.98. The van der Waals surface area contributed by atoms with Gasteiger partial charge in [-0.15, -0.1) is 11.6 Å². The van der Waals surface area contributed by atoms with Gasteiger partial charge in [0.05, 0.1) is 16.9 Å². The van der Waals surface area contributed by atoms with E-state index in [0.717, 1.165) is 12.1 Å². The Kier molecular flexibility index (Phi) is 4.42. The number of hydrogen-bond acceptors (Lipinski definition) is 3. The minimum absolute atomic E-state index is 0.121. The van der Waals surface area contributed by atoms with Crippen LogP contribution >= 0.6 is 23.2 Å². The van der Waals surface area contributed by atoms with Crippen molar-refractivity contribution in [2.45, 2.75) is 5.88 Å². The summed E-state index contributed by atoms with van der Waals surface area (Å²) in [6.07, 6.45) is 0. The smallest absolute Gasteiger partial charge is 0.272 e. The molecule has 0 heterocycles. The lowest BCUT2D eigenvalue weighted by Gasteiger charge is -2.10. The number of ether oxygens (including phenoxy) is 1. The summed E-state index contributed by atoms with van der Waals surface area (Å²) >= 11 is 11.6. The summed E-state index contributed by atoms with van der Waals surface area (Å²) in [6.45, 7) is 0. The van der Waals surface area contributed by atoms with Gasteiger partial charge in [-0.3, -0.25) is 10.1 Å². The Hall–Kier alpha value is -1.85. The average molecular weight is 316 g/mol. The van der Waals surface area contributed by atoms with Crippen LogP contribution in [0.25, 0.3) is 0 Å². The minimum Gasteiger partial charge on any atom is -0.454 e. The maximum absolute atomic E-state index is 13.7. The molecule has 0 N–H and O–H groups in total. The van der Waals surface area contributed by atoms with Gasteiger partial charge < -0.3 is 4.74 Å². The van der Waals surface area contributed by atoms with Gasteiger partial charge in [0.15, 0.2) is 11.6 Å². The molecule has 0 aliphatic carbocycles. The van der Waals surface area contributed by atoms with Gasteiger partial charge in [-0.2, -0.15) is 0 Å². The highest BCUT2D eigenvalue weighted by Gasteiger charge is 2.13. The summed E-state index contributed by atoms with van der Waals surface area (Å²) in [4.78, 5) is 9.85. The van der Waals surface area contributed by atoms with Crippen LogP contribution < -0.4 is 4.74 Å². The lowest BCUT2D eigenvalue weighted by molar-refractivity contribution is -0.385. The molecule has 4 nitrogen and oxygen atoms in total. The molecule has 0 atom stereocenters. The fourth-order valence-corrected chi connectivity index (χ4v) is 1.96. The van der Waals surface area contributed by atoms with Crippen LogP contribution in [0.5, 0.6) is 11.5 Å². The summed E-state index contributed by atoms with van der Waals surface area (Å²) < 4.78 is 19.1. The molecule has 2 aromatic carbocycles. The molecular formula is C13H8Cl2FNO3. The number of halogens is 3. The molecule has 0 amide bonds. The van der Waals surface area contributed by atoms with Crippen LogP contribution in [0.4, 0.5) is 10.1 Å². The van der Waals surface area contributed by atoms with E-state index in [2.05, 4.69) is 0 Å². The van der Waals surface area contributed by atoms with Gasteiger partial charge >= 0.3 is 0 Å². The molecule has 0 bridgehead atoms. The summed E-state index contributed by atoms with van der Waals surface area (Å²) in [6, 6.07) is 7.89. The Morgan fingerprint density at radius 3 is 2.50 bits per heavy atom. The minimum atomic E-state index is -0.824. The second kappa shape index (κ2) is 6.07. The Morgan fingerprint density at radius 1 is 1.20 bits per heavy atom. The normalized spacial score (nSPS) is 10.3. The molecule has 0 fully saturated rings. The fourth-order valence-electron chi connectivity index (χ4n) is 1.56. The van der Waals surface area contributed by atoms with E-state index in [9.17, 15) is 14.5 Å². The van der Waals surface area contributed by atoms with Crippen LogP contribution in [-0.2, 0) is 5.88 Å². The van der Waals surface area contributed by atoms with Crippen molar-refractivity contribution in [1.82, 2.24) is 0 Å². The van der Waals surface area contributed by atoms with Crippen molar-refractivity contribution in [3.05, 3.63) is 62.9 Å². The van der Waals surface area contributed by atoms with E-state index < -0.39 is 10.7 Å². The van der Waals surface area contributed by atoms with Gasteiger partial charge in [0.25, 0.3) is 5.69 Å². The number of nitro groups is 1. The van der Waals surface area contributed by atoms with Crippen molar-refractivity contribution in [2.75, 3.05) is 0 Å². The fraction of sp³-hybridized carbons (Fsp3) is 0.0769. The first-order chi connectivity index (χ1) is 9.51. The number of non-ortho nitro benzene ring substituents is 1. The zero-order chi connectivity index (χ0) is 14.7. The molecule has 0 radical (unpaired) electrons. The summed E-state index contributed by atoms with van der Waals surface area (Å²) in [5, 5.41) is 11.0.